The van der Waals surface area contributed by atoms with Crippen molar-refractivity contribution in [3.05, 3.63) is 117 Å². The highest BCUT2D eigenvalue weighted by Crippen LogP contribution is 2.21. The summed E-state index contributed by atoms with van der Waals surface area (Å²) in [5.74, 6) is 4.01. The van der Waals surface area contributed by atoms with Crippen molar-refractivity contribution in [2.45, 2.75) is 26.2 Å². The Bertz CT molecular complexity index is 1550. The molecule has 0 radical (unpaired) electrons. The van der Waals surface area contributed by atoms with E-state index >= 15 is 0 Å². The largest absolute Gasteiger partial charge is 0.206 e. The molecule has 4 aromatic carbocycles. The van der Waals surface area contributed by atoms with Crippen molar-refractivity contribution < 1.29 is 26.3 Å². The van der Waals surface area contributed by atoms with E-state index in [4.69, 9.17) is 0 Å². The number of rotatable bonds is 3. The Kier molecular flexibility index (Phi) is 7.36. The lowest BCUT2D eigenvalue weighted by Crippen LogP contribution is -1.96. The number of unbranched alkanes of at least 4 members (excludes halogenated alkanes) is 1. The van der Waals surface area contributed by atoms with Gasteiger partial charge in [0.15, 0.2) is 11.6 Å². The lowest BCUT2D eigenvalue weighted by atomic mass is 10.0. The number of benzene rings is 4. The van der Waals surface area contributed by atoms with Crippen LogP contribution in [0.1, 0.15) is 47.6 Å². The van der Waals surface area contributed by atoms with Gasteiger partial charge in [-0.3, -0.25) is 0 Å². The van der Waals surface area contributed by atoms with Crippen LogP contribution in [0.15, 0.2) is 54.6 Å². The molecule has 0 saturated heterocycles. The van der Waals surface area contributed by atoms with Crippen molar-refractivity contribution in [3.8, 4) is 23.7 Å². The number of hydrogen-bond acceptors (Lipinski definition) is 0. The van der Waals surface area contributed by atoms with E-state index in [-0.39, 0.29) is 5.56 Å². The molecule has 0 aromatic heterocycles. The molecule has 0 nitrogen and oxygen atoms in total. The maximum Gasteiger partial charge on any atom is 0.159 e. The van der Waals surface area contributed by atoms with Gasteiger partial charge in [-0.15, -0.1) is 0 Å². The Labute approximate surface area is 204 Å². The second-order valence-electron chi connectivity index (χ2n) is 8.18. The standard InChI is InChI=1S/C30H18F6/c1-2-3-4-19-12-25(31)24(26(32)13-19)10-7-20-14-27(33)23(28(34)15-20)9-6-18-5-8-21-16-29(35)30(36)17-22(21)11-18/h5,8,11-17H,2-4H2,1H3. The molecule has 4 aromatic rings. The van der Waals surface area contributed by atoms with Gasteiger partial charge in [-0.2, -0.15) is 0 Å². The Balaban J connectivity index is 1.60. The quantitative estimate of drug-likeness (QED) is 0.202. The van der Waals surface area contributed by atoms with E-state index in [0.29, 0.717) is 28.3 Å². The highest BCUT2D eigenvalue weighted by molar-refractivity contribution is 5.84. The summed E-state index contributed by atoms with van der Waals surface area (Å²) in [5, 5.41) is 0.827. The Morgan fingerprint density at radius 2 is 1.06 bits per heavy atom. The molecule has 0 aliphatic rings. The molecular weight excluding hydrogens is 474 g/mol. The third kappa shape index (κ3) is 5.56. The molecule has 0 aliphatic heterocycles. The van der Waals surface area contributed by atoms with E-state index in [1.165, 1.54) is 30.3 Å². The minimum atomic E-state index is -1.02. The summed E-state index contributed by atoms with van der Waals surface area (Å²) in [6.45, 7) is 1.97. The number of halogens is 6. The van der Waals surface area contributed by atoms with Gasteiger partial charge in [0.1, 0.15) is 23.3 Å². The monoisotopic (exact) mass is 492 g/mol. The molecule has 36 heavy (non-hydrogen) atoms. The fourth-order valence-corrected chi connectivity index (χ4v) is 3.62. The van der Waals surface area contributed by atoms with Crippen LogP contribution >= 0.6 is 0 Å². The van der Waals surface area contributed by atoms with Crippen LogP contribution in [-0.2, 0) is 6.42 Å². The van der Waals surface area contributed by atoms with Gasteiger partial charge in [-0.25, -0.2) is 26.3 Å². The summed E-state index contributed by atoms with van der Waals surface area (Å²) >= 11 is 0. The minimum Gasteiger partial charge on any atom is -0.206 e. The van der Waals surface area contributed by atoms with Crippen LogP contribution < -0.4 is 0 Å². The molecule has 6 heteroatoms. The average molecular weight is 492 g/mol. The zero-order valence-corrected chi connectivity index (χ0v) is 19.1. The molecule has 0 amide bonds. The van der Waals surface area contributed by atoms with E-state index in [1.54, 1.807) is 0 Å². The second-order valence-corrected chi connectivity index (χ2v) is 8.18. The number of aryl methyl sites for hydroxylation is 1. The van der Waals surface area contributed by atoms with Crippen LogP contribution in [0.2, 0.25) is 0 Å². The summed E-state index contributed by atoms with van der Waals surface area (Å²) in [4.78, 5) is 0. The highest BCUT2D eigenvalue weighted by Gasteiger charge is 2.11. The highest BCUT2D eigenvalue weighted by atomic mass is 19.2. The Morgan fingerprint density at radius 1 is 0.528 bits per heavy atom. The summed E-state index contributed by atoms with van der Waals surface area (Å²) in [5.41, 5.74) is -0.269. The predicted molar refractivity (Wildman–Crippen MR) is 127 cm³/mol. The lowest BCUT2D eigenvalue weighted by Gasteiger charge is -2.03. The van der Waals surface area contributed by atoms with Crippen molar-refractivity contribution in [1.82, 2.24) is 0 Å². The molecule has 0 bridgehead atoms. The van der Waals surface area contributed by atoms with E-state index < -0.39 is 46.0 Å². The zero-order valence-electron chi connectivity index (χ0n) is 19.1. The Morgan fingerprint density at radius 3 is 1.64 bits per heavy atom. The smallest absolute Gasteiger partial charge is 0.159 e. The molecule has 0 heterocycles. The molecule has 0 N–H and O–H groups in total. The molecule has 0 saturated carbocycles. The summed E-state index contributed by atoms with van der Waals surface area (Å²) in [7, 11) is 0. The molecule has 0 atom stereocenters. The van der Waals surface area contributed by atoms with Crippen molar-refractivity contribution in [1.29, 1.82) is 0 Å². The third-order valence-corrected chi connectivity index (χ3v) is 5.51. The van der Waals surface area contributed by atoms with Crippen molar-refractivity contribution in [3.63, 3.8) is 0 Å². The van der Waals surface area contributed by atoms with Gasteiger partial charge in [0.25, 0.3) is 0 Å². The van der Waals surface area contributed by atoms with Crippen LogP contribution in [0.3, 0.4) is 0 Å². The first-order chi connectivity index (χ1) is 17.2. The zero-order chi connectivity index (χ0) is 25.8. The molecule has 0 aliphatic carbocycles. The summed E-state index contributed by atoms with van der Waals surface area (Å²) < 4.78 is 84.6. The maximum absolute atomic E-state index is 14.6. The summed E-state index contributed by atoms with van der Waals surface area (Å²) in [6.07, 6.45) is 2.20. The minimum absolute atomic E-state index is 0.118. The normalized spacial score (nSPS) is 10.5. The van der Waals surface area contributed by atoms with Crippen LogP contribution in [-0.4, -0.2) is 0 Å². The van der Waals surface area contributed by atoms with Gasteiger partial charge < -0.3 is 0 Å². The fraction of sp³-hybridized carbons (Fsp3) is 0.133. The predicted octanol–water partition coefficient (Wildman–Crippen LogP) is 7.82. The average Bonchev–Trinajstić information content (AvgIpc) is 2.82. The molecule has 4 rings (SSSR count). The fourth-order valence-electron chi connectivity index (χ4n) is 3.62. The first-order valence-corrected chi connectivity index (χ1v) is 11.1. The van der Waals surface area contributed by atoms with Crippen molar-refractivity contribution >= 4 is 10.8 Å². The maximum atomic E-state index is 14.6. The number of hydrogen-bond donors (Lipinski definition) is 0. The van der Waals surface area contributed by atoms with Gasteiger partial charge >= 0.3 is 0 Å². The van der Waals surface area contributed by atoms with Gasteiger partial charge in [-0.1, -0.05) is 43.1 Å². The van der Waals surface area contributed by atoms with E-state index in [1.807, 2.05) is 6.92 Å². The summed E-state index contributed by atoms with van der Waals surface area (Å²) in [6, 6.07) is 10.8. The molecule has 0 spiro atoms. The van der Waals surface area contributed by atoms with E-state index in [0.717, 1.165) is 37.1 Å². The molecule has 180 valence electrons. The second kappa shape index (κ2) is 10.6. The van der Waals surface area contributed by atoms with Gasteiger partial charge in [0.05, 0.1) is 11.1 Å². The molecule has 0 unspecified atom stereocenters. The first kappa shape index (κ1) is 24.9. The van der Waals surface area contributed by atoms with Crippen LogP contribution in [0, 0.1) is 58.6 Å². The van der Waals surface area contributed by atoms with Crippen molar-refractivity contribution in [2.24, 2.45) is 0 Å². The van der Waals surface area contributed by atoms with E-state index in [9.17, 15) is 26.3 Å². The molecule has 0 fully saturated rings. The van der Waals surface area contributed by atoms with Crippen LogP contribution in [0.4, 0.5) is 26.3 Å². The van der Waals surface area contributed by atoms with Gasteiger partial charge in [-0.05, 0) is 77.7 Å². The SMILES string of the molecule is CCCCc1cc(F)c(C#Cc2cc(F)c(C#Cc3ccc4cc(F)c(F)cc4c3)c(F)c2)c(F)c1. The van der Waals surface area contributed by atoms with Gasteiger partial charge in [0, 0.05) is 11.1 Å². The van der Waals surface area contributed by atoms with Crippen LogP contribution in [0.25, 0.3) is 10.8 Å². The lowest BCUT2D eigenvalue weighted by molar-refractivity contribution is 0.511. The first-order valence-electron chi connectivity index (χ1n) is 11.1. The topological polar surface area (TPSA) is 0 Å². The Hall–Kier alpha value is -4.16. The van der Waals surface area contributed by atoms with Crippen molar-refractivity contribution in [2.75, 3.05) is 0 Å². The molecular formula is C30H18F6. The third-order valence-electron chi connectivity index (χ3n) is 5.51. The van der Waals surface area contributed by atoms with E-state index in [2.05, 4.69) is 23.7 Å². The number of fused-ring (bicyclic) bond motifs is 1. The van der Waals surface area contributed by atoms with Gasteiger partial charge in [0.2, 0.25) is 0 Å². The van der Waals surface area contributed by atoms with Crippen LogP contribution in [0.5, 0.6) is 0 Å².